The summed E-state index contributed by atoms with van der Waals surface area (Å²) in [6.07, 6.45) is 3.37. The number of anilines is 1. The first-order valence-corrected chi connectivity index (χ1v) is 7.53. The van der Waals surface area contributed by atoms with E-state index in [2.05, 4.69) is 60.7 Å². The molecule has 0 fully saturated rings. The van der Waals surface area contributed by atoms with E-state index in [1.165, 1.54) is 5.56 Å². The summed E-state index contributed by atoms with van der Waals surface area (Å²) in [6, 6.07) is 12.0. The Balaban J connectivity index is 1.68. The Morgan fingerprint density at radius 3 is 2.67 bits per heavy atom. The van der Waals surface area contributed by atoms with Gasteiger partial charge in [0.1, 0.15) is 5.82 Å². The molecular weight excluding hydrogens is 352 g/mol. The van der Waals surface area contributed by atoms with Crippen LogP contribution >= 0.6 is 27.5 Å². The molecule has 0 amide bonds. The zero-order valence-corrected chi connectivity index (χ0v) is 13.3. The number of pyridine rings is 1. The minimum absolute atomic E-state index is 0.608. The summed E-state index contributed by atoms with van der Waals surface area (Å²) in [7, 11) is 0. The van der Waals surface area contributed by atoms with Gasteiger partial charge in [-0.3, -0.25) is 5.10 Å². The van der Waals surface area contributed by atoms with E-state index in [1.54, 1.807) is 12.4 Å². The first kappa shape index (κ1) is 14.1. The predicted molar refractivity (Wildman–Crippen MR) is 88.3 cm³/mol. The summed E-state index contributed by atoms with van der Waals surface area (Å²) in [5, 5.41) is 10.8. The molecule has 2 aromatic heterocycles. The largest absolute Gasteiger partial charge is 0.365 e. The number of H-pyrrole nitrogens is 1. The maximum Gasteiger partial charge on any atom is 0.140 e. The number of halogens is 2. The maximum absolute atomic E-state index is 5.87. The van der Waals surface area contributed by atoms with Crippen molar-refractivity contribution in [3.05, 3.63) is 63.9 Å². The van der Waals surface area contributed by atoms with Gasteiger partial charge >= 0.3 is 0 Å². The lowest BCUT2D eigenvalue weighted by molar-refractivity contribution is 1.09. The quantitative estimate of drug-likeness (QED) is 0.717. The number of aromatic amines is 1. The van der Waals surface area contributed by atoms with Crippen LogP contribution in [0, 0.1) is 0 Å². The number of hydrogen-bond donors (Lipinski definition) is 2. The fraction of sp³-hybridized carbons (Fsp3) is 0.0667. The summed E-state index contributed by atoms with van der Waals surface area (Å²) in [5.74, 6) is 0.775. The molecule has 0 saturated carbocycles. The first-order valence-electron chi connectivity index (χ1n) is 6.36. The highest BCUT2D eigenvalue weighted by atomic mass is 79.9. The van der Waals surface area contributed by atoms with Crippen molar-refractivity contribution in [3.63, 3.8) is 0 Å². The van der Waals surface area contributed by atoms with E-state index < -0.39 is 0 Å². The van der Waals surface area contributed by atoms with Gasteiger partial charge in [0.2, 0.25) is 0 Å². The van der Waals surface area contributed by atoms with Crippen molar-refractivity contribution in [3.8, 4) is 11.3 Å². The average molecular weight is 364 g/mol. The summed E-state index contributed by atoms with van der Waals surface area (Å²) in [5.41, 5.74) is 3.29. The standard InChI is InChI=1S/C15H12BrClN4/c16-13-7-12(17)9-19-15(13)18-8-10-1-3-11(4-2-10)14-5-6-20-21-14/h1-7,9H,8H2,(H,18,19)(H,20,21). The number of nitrogens with zero attached hydrogens (tertiary/aromatic N) is 2. The SMILES string of the molecule is Clc1cnc(NCc2ccc(-c3ccn[nH]3)cc2)c(Br)c1. The lowest BCUT2D eigenvalue weighted by atomic mass is 10.1. The van der Waals surface area contributed by atoms with Gasteiger partial charge in [-0.25, -0.2) is 4.98 Å². The van der Waals surface area contributed by atoms with Gasteiger partial charge in [0.05, 0.1) is 15.2 Å². The Hall–Kier alpha value is -1.85. The second-order valence-electron chi connectivity index (χ2n) is 4.50. The Labute approximate surface area is 135 Å². The second-order valence-corrected chi connectivity index (χ2v) is 5.80. The first-order chi connectivity index (χ1) is 10.2. The Morgan fingerprint density at radius 2 is 2.00 bits per heavy atom. The molecule has 1 aromatic carbocycles. The van der Waals surface area contributed by atoms with Crippen LogP contribution in [-0.2, 0) is 6.54 Å². The van der Waals surface area contributed by atoms with Gasteiger partial charge < -0.3 is 5.32 Å². The summed E-state index contributed by atoms with van der Waals surface area (Å²) < 4.78 is 0.851. The highest BCUT2D eigenvalue weighted by molar-refractivity contribution is 9.10. The van der Waals surface area contributed by atoms with Crippen LogP contribution in [0.5, 0.6) is 0 Å². The summed E-state index contributed by atoms with van der Waals surface area (Å²) in [6.45, 7) is 0.691. The van der Waals surface area contributed by atoms with Crippen LogP contribution in [0.3, 0.4) is 0 Å². The number of rotatable bonds is 4. The van der Waals surface area contributed by atoms with Gasteiger partial charge in [-0.2, -0.15) is 5.10 Å². The fourth-order valence-corrected chi connectivity index (χ4v) is 2.73. The van der Waals surface area contributed by atoms with Crippen molar-refractivity contribution in [2.75, 3.05) is 5.32 Å². The molecule has 6 heteroatoms. The van der Waals surface area contributed by atoms with E-state index in [4.69, 9.17) is 11.6 Å². The van der Waals surface area contributed by atoms with Crippen molar-refractivity contribution in [1.82, 2.24) is 15.2 Å². The number of hydrogen-bond acceptors (Lipinski definition) is 3. The molecule has 0 radical (unpaired) electrons. The Bertz CT molecular complexity index is 726. The molecule has 21 heavy (non-hydrogen) atoms. The van der Waals surface area contributed by atoms with Crippen LogP contribution in [0.2, 0.25) is 5.02 Å². The van der Waals surface area contributed by atoms with E-state index in [1.807, 2.05) is 12.1 Å². The molecule has 0 aliphatic rings. The van der Waals surface area contributed by atoms with Crippen molar-refractivity contribution in [1.29, 1.82) is 0 Å². The topological polar surface area (TPSA) is 53.6 Å². The zero-order chi connectivity index (χ0) is 14.7. The molecule has 2 N–H and O–H groups in total. The maximum atomic E-state index is 5.87. The molecule has 106 valence electrons. The summed E-state index contributed by atoms with van der Waals surface area (Å²) in [4.78, 5) is 4.25. The molecule has 4 nitrogen and oxygen atoms in total. The minimum atomic E-state index is 0.608. The van der Waals surface area contributed by atoms with Crippen molar-refractivity contribution in [2.24, 2.45) is 0 Å². The van der Waals surface area contributed by atoms with E-state index in [9.17, 15) is 0 Å². The van der Waals surface area contributed by atoms with Gasteiger partial charge in [-0.15, -0.1) is 0 Å². The monoisotopic (exact) mass is 362 g/mol. The third-order valence-electron chi connectivity index (χ3n) is 3.03. The molecule has 0 atom stereocenters. The minimum Gasteiger partial charge on any atom is -0.365 e. The molecule has 0 saturated heterocycles. The third kappa shape index (κ3) is 3.43. The molecular formula is C15H12BrClN4. The van der Waals surface area contributed by atoms with Crippen LogP contribution in [0.4, 0.5) is 5.82 Å². The number of benzene rings is 1. The van der Waals surface area contributed by atoms with E-state index in [-0.39, 0.29) is 0 Å². The molecule has 3 rings (SSSR count). The number of nitrogens with one attached hydrogen (secondary N) is 2. The Kier molecular flexibility index (Phi) is 4.22. The predicted octanol–water partition coefficient (Wildman–Crippen LogP) is 4.50. The van der Waals surface area contributed by atoms with Crippen LogP contribution in [0.25, 0.3) is 11.3 Å². The van der Waals surface area contributed by atoms with Crippen LogP contribution < -0.4 is 5.32 Å². The van der Waals surface area contributed by atoms with Crippen LogP contribution in [0.1, 0.15) is 5.56 Å². The lowest BCUT2D eigenvalue weighted by Crippen LogP contribution is -2.01. The van der Waals surface area contributed by atoms with Gasteiger partial charge in [0.25, 0.3) is 0 Å². The van der Waals surface area contributed by atoms with Gasteiger partial charge in [-0.05, 0) is 39.2 Å². The van der Waals surface area contributed by atoms with Crippen molar-refractivity contribution >= 4 is 33.3 Å². The molecule has 3 aromatic rings. The molecule has 0 aliphatic heterocycles. The normalized spacial score (nSPS) is 10.6. The molecule has 0 aliphatic carbocycles. The molecule has 0 unspecified atom stereocenters. The van der Waals surface area contributed by atoms with Gasteiger partial charge in [-0.1, -0.05) is 35.9 Å². The molecule has 0 bridgehead atoms. The Morgan fingerprint density at radius 1 is 1.19 bits per heavy atom. The molecule has 0 spiro atoms. The fourth-order valence-electron chi connectivity index (χ4n) is 1.95. The van der Waals surface area contributed by atoms with Crippen molar-refractivity contribution < 1.29 is 0 Å². The van der Waals surface area contributed by atoms with Gasteiger partial charge in [0, 0.05) is 18.9 Å². The van der Waals surface area contributed by atoms with E-state index >= 15 is 0 Å². The third-order valence-corrected chi connectivity index (χ3v) is 3.84. The van der Waals surface area contributed by atoms with E-state index in [0.717, 1.165) is 21.5 Å². The average Bonchev–Trinajstić information content (AvgIpc) is 3.01. The van der Waals surface area contributed by atoms with Gasteiger partial charge in [0.15, 0.2) is 0 Å². The van der Waals surface area contributed by atoms with Crippen LogP contribution in [0.15, 0.2) is 53.3 Å². The smallest absolute Gasteiger partial charge is 0.140 e. The highest BCUT2D eigenvalue weighted by Crippen LogP contribution is 2.24. The number of aromatic nitrogens is 3. The molecule has 2 heterocycles. The summed E-state index contributed by atoms with van der Waals surface area (Å²) >= 11 is 9.31. The van der Waals surface area contributed by atoms with Crippen LogP contribution in [-0.4, -0.2) is 15.2 Å². The second kappa shape index (κ2) is 6.28. The lowest BCUT2D eigenvalue weighted by Gasteiger charge is -2.08. The van der Waals surface area contributed by atoms with Crippen molar-refractivity contribution in [2.45, 2.75) is 6.54 Å². The zero-order valence-electron chi connectivity index (χ0n) is 11.0. The highest BCUT2D eigenvalue weighted by Gasteiger charge is 2.03. The van der Waals surface area contributed by atoms with E-state index in [0.29, 0.717) is 11.6 Å².